The smallest absolute Gasteiger partial charge is 0.875 e. The topological polar surface area (TPSA) is 23.1 Å². The average Bonchev–Trinajstić information content (AvgIpc) is 2.15. The van der Waals surface area contributed by atoms with Crippen molar-refractivity contribution in [2.24, 2.45) is 5.92 Å². The van der Waals surface area contributed by atoms with Crippen molar-refractivity contribution in [2.75, 3.05) is 0 Å². The van der Waals surface area contributed by atoms with E-state index in [0.29, 0.717) is 11.7 Å². The van der Waals surface area contributed by atoms with Crippen molar-refractivity contribution < 1.29 is 24.0 Å². The van der Waals surface area contributed by atoms with Crippen LogP contribution >= 0.6 is 0 Å². The maximum Gasteiger partial charge on any atom is 1.00 e. The van der Waals surface area contributed by atoms with E-state index in [1.807, 2.05) is 13.0 Å². The second kappa shape index (κ2) is 3.90. The molecule has 1 atom stereocenters. The van der Waals surface area contributed by atoms with E-state index >= 15 is 0 Å². The molecule has 0 saturated carbocycles. The van der Waals surface area contributed by atoms with E-state index in [-0.39, 0.29) is 18.9 Å². The van der Waals surface area contributed by atoms with Gasteiger partial charge in [-0.25, -0.2) is 0 Å². The average molecular weight is 130 g/mol. The van der Waals surface area contributed by atoms with Gasteiger partial charge in [-0.2, -0.15) is 0 Å². The zero-order valence-electron chi connectivity index (χ0n) is 6.68. The number of hydrogen-bond donors (Lipinski definition) is 0. The molecule has 0 amide bonds. The molecule has 10 heavy (non-hydrogen) atoms. The molecule has 1 rings (SSSR count). The predicted octanol–water partition coefficient (Wildman–Crippen LogP) is -1.78. The third-order valence-corrected chi connectivity index (χ3v) is 1.96. The van der Waals surface area contributed by atoms with E-state index in [0.717, 1.165) is 18.4 Å². The molecule has 1 nitrogen and oxygen atoms in total. The van der Waals surface area contributed by atoms with E-state index in [1.54, 1.807) is 0 Å². The Morgan fingerprint density at radius 2 is 2.30 bits per heavy atom. The first-order chi connectivity index (χ1) is 4.25. The zero-order chi connectivity index (χ0) is 6.85. The minimum absolute atomic E-state index is 0. The SMILES string of the molecule is C=CC1CCC([O-])=C1C.[Li+]. The number of hydrogen-bond acceptors (Lipinski definition) is 1. The van der Waals surface area contributed by atoms with E-state index in [1.165, 1.54) is 0 Å². The van der Waals surface area contributed by atoms with Crippen LogP contribution < -0.4 is 24.0 Å². The molecular formula is C8H11LiO. The summed E-state index contributed by atoms with van der Waals surface area (Å²) in [4.78, 5) is 0. The Kier molecular flexibility index (Phi) is 3.86. The molecule has 0 aromatic carbocycles. The molecular weight excluding hydrogens is 119 g/mol. The van der Waals surface area contributed by atoms with E-state index in [2.05, 4.69) is 6.58 Å². The van der Waals surface area contributed by atoms with Gasteiger partial charge in [0, 0.05) is 0 Å². The molecule has 0 heterocycles. The molecule has 0 saturated heterocycles. The van der Waals surface area contributed by atoms with Gasteiger partial charge in [-0.1, -0.05) is 11.6 Å². The van der Waals surface area contributed by atoms with Gasteiger partial charge in [0.05, 0.1) is 0 Å². The van der Waals surface area contributed by atoms with Crippen molar-refractivity contribution in [1.29, 1.82) is 0 Å². The predicted molar refractivity (Wildman–Crippen MR) is 35.6 cm³/mol. The fraction of sp³-hybridized carbons (Fsp3) is 0.500. The number of allylic oxidation sites excluding steroid dienone is 3. The van der Waals surface area contributed by atoms with Crippen LogP contribution in [-0.2, 0) is 0 Å². The Morgan fingerprint density at radius 1 is 1.70 bits per heavy atom. The van der Waals surface area contributed by atoms with Crippen molar-refractivity contribution in [3.63, 3.8) is 0 Å². The summed E-state index contributed by atoms with van der Waals surface area (Å²) in [6.07, 6.45) is 3.57. The monoisotopic (exact) mass is 130 g/mol. The molecule has 50 valence electrons. The maximum atomic E-state index is 10.9. The molecule has 1 aliphatic rings. The minimum Gasteiger partial charge on any atom is -0.875 e. The Hall–Kier alpha value is -0.123. The van der Waals surface area contributed by atoms with Gasteiger partial charge in [0.15, 0.2) is 0 Å². The summed E-state index contributed by atoms with van der Waals surface area (Å²) in [5.41, 5.74) is 0.991. The second-order valence-electron chi connectivity index (χ2n) is 2.49. The summed E-state index contributed by atoms with van der Waals surface area (Å²) in [6.45, 7) is 5.56. The summed E-state index contributed by atoms with van der Waals surface area (Å²) in [6, 6.07) is 0. The first-order valence-corrected chi connectivity index (χ1v) is 3.25. The van der Waals surface area contributed by atoms with Crippen molar-refractivity contribution in [1.82, 2.24) is 0 Å². The first kappa shape index (κ1) is 9.88. The normalized spacial score (nSPS) is 24.3. The minimum atomic E-state index is 0. The van der Waals surface area contributed by atoms with Crippen LogP contribution in [0.3, 0.4) is 0 Å². The summed E-state index contributed by atoms with van der Waals surface area (Å²) in [5, 5.41) is 10.9. The first-order valence-electron chi connectivity index (χ1n) is 3.25. The molecule has 0 radical (unpaired) electrons. The van der Waals surface area contributed by atoms with Crippen LogP contribution in [0.5, 0.6) is 0 Å². The third kappa shape index (κ3) is 1.68. The Labute approximate surface area is 74.0 Å². The van der Waals surface area contributed by atoms with Gasteiger partial charge in [-0.05, 0) is 25.7 Å². The second-order valence-corrected chi connectivity index (χ2v) is 2.49. The van der Waals surface area contributed by atoms with Crippen molar-refractivity contribution in [3.05, 3.63) is 24.0 Å². The molecule has 0 aromatic heterocycles. The summed E-state index contributed by atoms with van der Waals surface area (Å²) < 4.78 is 0. The van der Waals surface area contributed by atoms with E-state index in [4.69, 9.17) is 0 Å². The van der Waals surface area contributed by atoms with Gasteiger partial charge in [0.25, 0.3) is 0 Å². The molecule has 0 N–H and O–H groups in total. The summed E-state index contributed by atoms with van der Waals surface area (Å²) in [7, 11) is 0. The molecule has 1 aliphatic carbocycles. The summed E-state index contributed by atoms with van der Waals surface area (Å²) in [5.74, 6) is 0.692. The third-order valence-electron chi connectivity index (χ3n) is 1.96. The van der Waals surface area contributed by atoms with Crippen molar-refractivity contribution in [3.8, 4) is 0 Å². The Morgan fingerprint density at radius 3 is 2.50 bits per heavy atom. The van der Waals surface area contributed by atoms with E-state index < -0.39 is 0 Å². The van der Waals surface area contributed by atoms with Crippen LogP contribution in [0.4, 0.5) is 0 Å². The Bertz CT molecular complexity index is 161. The standard InChI is InChI=1S/C8H12O.Li/c1-3-7-4-5-8(9)6(7)2;/h3,7,9H,1,4-5H2,2H3;/q;+1/p-1. The van der Waals surface area contributed by atoms with Crippen LogP contribution in [0.25, 0.3) is 0 Å². The van der Waals surface area contributed by atoms with Gasteiger partial charge < -0.3 is 5.11 Å². The quantitative estimate of drug-likeness (QED) is 0.304. The fourth-order valence-corrected chi connectivity index (χ4v) is 1.20. The van der Waals surface area contributed by atoms with Crippen LogP contribution in [0, 0.1) is 5.92 Å². The molecule has 0 aromatic rings. The van der Waals surface area contributed by atoms with Gasteiger partial charge in [-0.15, -0.1) is 12.3 Å². The van der Waals surface area contributed by atoms with Crippen LogP contribution in [0.15, 0.2) is 24.0 Å². The molecule has 2 heteroatoms. The van der Waals surface area contributed by atoms with Gasteiger partial charge in [0.1, 0.15) is 0 Å². The molecule has 0 bridgehead atoms. The molecule has 0 spiro atoms. The van der Waals surface area contributed by atoms with Crippen LogP contribution in [0.2, 0.25) is 0 Å². The van der Waals surface area contributed by atoms with Gasteiger partial charge in [-0.3, -0.25) is 0 Å². The van der Waals surface area contributed by atoms with Crippen molar-refractivity contribution >= 4 is 0 Å². The molecule has 0 fully saturated rings. The van der Waals surface area contributed by atoms with Gasteiger partial charge >= 0.3 is 18.9 Å². The van der Waals surface area contributed by atoms with Crippen LogP contribution in [0.1, 0.15) is 19.8 Å². The van der Waals surface area contributed by atoms with E-state index in [9.17, 15) is 5.11 Å². The van der Waals surface area contributed by atoms with Crippen LogP contribution in [-0.4, -0.2) is 0 Å². The summed E-state index contributed by atoms with van der Waals surface area (Å²) >= 11 is 0. The Balaban J connectivity index is 0.000000810. The fourth-order valence-electron chi connectivity index (χ4n) is 1.20. The van der Waals surface area contributed by atoms with Gasteiger partial charge in [0.2, 0.25) is 0 Å². The number of rotatable bonds is 1. The zero-order valence-corrected chi connectivity index (χ0v) is 6.68. The molecule has 1 unspecified atom stereocenters. The largest absolute Gasteiger partial charge is 1.00 e. The molecule has 0 aliphatic heterocycles. The maximum absolute atomic E-state index is 10.9. The van der Waals surface area contributed by atoms with Crippen molar-refractivity contribution in [2.45, 2.75) is 19.8 Å².